The van der Waals surface area contributed by atoms with Crippen LogP contribution in [0.2, 0.25) is 0 Å². The van der Waals surface area contributed by atoms with Crippen LogP contribution in [-0.2, 0) is 6.54 Å². The van der Waals surface area contributed by atoms with Gasteiger partial charge in [0.1, 0.15) is 0 Å². The first-order chi connectivity index (χ1) is 17.6. The van der Waals surface area contributed by atoms with Gasteiger partial charge in [-0.25, -0.2) is 4.79 Å². The van der Waals surface area contributed by atoms with E-state index in [1.807, 2.05) is 6.07 Å². The van der Waals surface area contributed by atoms with Crippen LogP contribution in [-0.4, -0.2) is 53.3 Å². The van der Waals surface area contributed by atoms with E-state index in [0.29, 0.717) is 11.5 Å². The van der Waals surface area contributed by atoms with Crippen LogP contribution in [0, 0.1) is 6.92 Å². The largest absolute Gasteiger partial charge is 0.478 e. The molecule has 2 aliphatic heterocycles. The monoisotopic (exact) mass is 485 g/mol. The Kier molecular flexibility index (Phi) is 6.51. The number of carboxylic acids is 1. The van der Waals surface area contributed by atoms with Gasteiger partial charge in [0.15, 0.2) is 0 Å². The Bertz CT molecular complexity index is 1260. The van der Waals surface area contributed by atoms with Crippen molar-refractivity contribution in [3.8, 4) is 11.3 Å². The van der Waals surface area contributed by atoms with Gasteiger partial charge in [0.2, 0.25) is 0 Å². The molecule has 190 valence electrons. The van der Waals surface area contributed by atoms with Crippen LogP contribution < -0.4 is 4.90 Å². The average molecular weight is 486 g/mol. The molecule has 1 aliphatic carbocycles. The second-order valence-electron chi connectivity index (χ2n) is 11.2. The maximum absolute atomic E-state index is 11.9. The average Bonchev–Trinajstić information content (AvgIpc) is 3.14. The summed E-state index contributed by atoms with van der Waals surface area (Å²) in [5.41, 5.74) is 8.24. The lowest BCUT2D eigenvalue weighted by atomic mass is 9.81. The molecule has 3 heterocycles. The molecule has 3 aliphatic rings. The quantitative estimate of drug-likeness (QED) is 0.439. The third-order valence-electron chi connectivity index (χ3n) is 8.84. The SMILES string of the molecule is Cc1ccc2c(c1)-c1c(C3CCCCC3)c3ccc(C(=O)O)cc3n1CCN2CCN1CCCCC1. The van der Waals surface area contributed by atoms with Gasteiger partial charge in [0.25, 0.3) is 0 Å². The van der Waals surface area contributed by atoms with Crippen molar-refractivity contribution in [2.75, 3.05) is 37.6 Å². The van der Waals surface area contributed by atoms with Crippen LogP contribution in [0.5, 0.6) is 0 Å². The molecule has 6 rings (SSSR count). The lowest BCUT2D eigenvalue weighted by Gasteiger charge is -2.31. The van der Waals surface area contributed by atoms with E-state index in [4.69, 9.17) is 0 Å². The molecule has 1 aromatic heterocycles. The molecule has 0 amide bonds. The maximum Gasteiger partial charge on any atom is 0.335 e. The van der Waals surface area contributed by atoms with Gasteiger partial charge in [0, 0.05) is 48.3 Å². The van der Waals surface area contributed by atoms with Crippen molar-refractivity contribution < 1.29 is 9.90 Å². The van der Waals surface area contributed by atoms with Crippen molar-refractivity contribution in [2.24, 2.45) is 0 Å². The van der Waals surface area contributed by atoms with Crippen molar-refractivity contribution in [3.63, 3.8) is 0 Å². The number of aryl methyl sites for hydroxylation is 1. The molecule has 1 N–H and O–H groups in total. The third-order valence-corrected chi connectivity index (χ3v) is 8.84. The standard InChI is InChI=1S/C31H39N3O2/c1-22-10-13-27-26(20-22)30-29(23-8-4-2-5-9-23)25-12-11-24(31(35)36)21-28(25)34(30)19-18-33(27)17-16-32-14-6-3-7-15-32/h10-13,20-21,23H,2-9,14-19H2,1H3,(H,35,36). The number of hydrogen-bond donors (Lipinski definition) is 1. The molecule has 2 fully saturated rings. The molecule has 0 radical (unpaired) electrons. The summed E-state index contributed by atoms with van der Waals surface area (Å²) < 4.78 is 2.46. The molecule has 36 heavy (non-hydrogen) atoms. The van der Waals surface area contributed by atoms with Gasteiger partial charge in [-0.2, -0.15) is 0 Å². The van der Waals surface area contributed by atoms with Gasteiger partial charge in [-0.1, -0.05) is 43.4 Å². The molecule has 5 heteroatoms. The number of aromatic carboxylic acids is 1. The molecule has 0 atom stereocenters. The molecular formula is C31H39N3O2. The topological polar surface area (TPSA) is 48.7 Å². The van der Waals surface area contributed by atoms with Crippen LogP contribution in [0.1, 0.15) is 78.8 Å². The Morgan fingerprint density at radius 2 is 1.67 bits per heavy atom. The van der Waals surface area contributed by atoms with E-state index in [9.17, 15) is 9.90 Å². The Balaban J connectivity index is 1.49. The zero-order valence-corrected chi connectivity index (χ0v) is 21.6. The second-order valence-corrected chi connectivity index (χ2v) is 11.2. The van der Waals surface area contributed by atoms with Gasteiger partial charge in [0.05, 0.1) is 11.3 Å². The summed E-state index contributed by atoms with van der Waals surface area (Å²) in [7, 11) is 0. The number of carboxylic acid groups (broad SMARTS) is 1. The van der Waals surface area contributed by atoms with E-state index >= 15 is 0 Å². The molecule has 0 bridgehead atoms. The second kappa shape index (κ2) is 9.93. The summed E-state index contributed by atoms with van der Waals surface area (Å²) in [5, 5.41) is 11.0. The van der Waals surface area contributed by atoms with Crippen LogP contribution in [0.25, 0.3) is 22.2 Å². The van der Waals surface area contributed by atoms with Crippen LogP contribution >= 0.6 is 0 Å². The highest BCUT2D eigenvalue weighted by atomic mass is 16.4. The van der Waals surface area contributed by atoms with Crippen molar-refractivity contribution in [1.29, 1.82) is 0 Å². The summed E-state index contributed by atoms with van der Waals surface area (Å²) in [6.07, 6.45) is 10.4. The zero-order chi connectivity index (χ0) is 24.6. The Hall–Kier alpha value is -2.79. The summed E-state index contributed by atoms with van der Waals surface area (Å²) in [6, 6.07) is 12.8. The van der Waals surface area contributed by atoms with Crippen molar-refractivity contribution >= 4 is 22.6 Å². The zero-order valence-electron chi connectivity index (χ0n) is 21.6. The number of likely N-dealkylation sites (tertiary alicyclic amines) is 1. The van der Waals surface area contributed by atoms with E-state index in [1.54, 1.807) is 6.07 Å². The van der Waals surface area contributed by atoms with Gasteiger partial charge in [-0.05, 0) is 81.4 Å². The molecule has 2 aromatic carbocycles. The number of nitrogens with zero attached hydrogens (tertiary/aromatic N) is 3. The molecule has 3 aromatic rings. The number of piperidine rings is 1. The highest BCUT2D eigenvalue weighted by Gasteiger charge is 2.31. The first-order valence-electron chi connectivity index (χ1n) is 14.1. The first kappa shape index (κ1) is 23.6. The normalized spacial score (nSPS) is 19.2. The fourth-order valence-electron chi connectivity index (χ4n) is 6.97. The van der Waals surface area contributed by atoms with Crippen LogP contribution in [0.3, 0.4) is 0 Å². The van der Waals surface area contributed by atoms with Crippen molar-refractivity contribution in [3.05, 3.63) is 53.1 Å². The smallest absolute Gasteiger partial charge is 0.335 e. The van der Waals surface area contributed by atoms with E-state index in [1.165, 1.54) is 97.9 Å². The van der Waals surface area contributed by atoms with Gasteiger partial charge in [-0.15, -0.1) is 0 Å². The molecule has 1 saturated carbocycles. The third kappa shape index (κ3) is 4.32. The number of anilines is 1. The van der Waals surface area contributed by atoms with Crippen molar-refractivity contribution in [1.82, 2.24) is 9.47 Å². The lowest BCUT2D eigenvalue weighted by molar-refractivity contribution is 0.0697. The molecular weight excluding hydrogens is 446 g/mol. The number of benzene rings is 2. The number of aromatic nitrogens is 1. The number of rotatable bonds is 5. The van der Waals surface area contributed by atoms with E-state index in [0.717, 1.165) is 31.7 Å². The van der Waals surface area contributed by atoms with E-state index < -0.39 is 5.97 Å². The maximum atomic E-state index is 11.9. The van der Waals surface area contributed by atoms with Crippen molar-refractivity contribution in [2.45, 2.75) is 70.8 Å². The van der Waals surface area contributed by atoms with Gasteiger partial charge in [-0.3, -0.25) is 0 Å². The predicted octanol–water partition coefficient (Wildman–Crippen LogP) is 6.67. The Labute approximate surface area is 214 Å². The minimum absolute atomic E-state index is 0.383. The minimum atomic E-state index is -0.848. The number of fused-ring (bicyclic) bond motifs is 5. The van der Waals surface area contributed by atoms with Gasteiger partial charge < -0.3 is 19.5 Å². The number of hydrogen-bond acceptors (Lipinski definition) is 3. The van der Waals surface area contributed by atoms with Crippen LogP contribution in [0.4, 0.5) is 5.69 Å². The summed E-state index contributed by atoms with van der Waals surface area (Å²) >= 11 is 0. The fourth-order valence-corrected chi connectivity index (χ4v) is 6.97. The minimum Gasteiger partial charge on any atom is -0.478 e. The van der Waals surface area contributed by atoms with Crippen LogP contribution in [0.15, 0.2) is 36.4 Å². The molecule has 5 nitrogen and oxygen atoms in total. The molecule has 0 spiro atoms. The number of carbonyl (C=O) groups is 1. The lowest BCUT2D eigenvalue weighted by Crippen LogP contribution is -2.38. The predicted molar refractivity (Wildman–Crippen MR) is 147 cm³/mol. The molecule has 0 unspecified atom stereocenters. The van der Waals surface area contributed by atoms with E-state index in [-0.39, 0.29) is 0 Å². The summed E-state index contributed by atoms with van der Waals surface area (Å²) in [4.78, 5) is 17.1. The summed E-state index contributed by atoms with van der Waals surface area (Å²) in [6.45, 7) is 8.63. The first-order valence-corrected chi connectivity index (χ1v) is 14.1. The highest BCUT2D eigenvalue weighted by Crippen LogP contribution is 2.47. The molecule has 1 saturated heterocycles. The summed E-state index contributed by atoms with van der Waals surface area (Å²) in [5.74, 6) is -0.305. The Morgan fingerprint density at radius 1 is 0.889 bits per heavy atom. The van der Waals surface area contributed by atoms with E-state index in [2.05, 4.69) is 45.6 Å². The highest BCUT2D eigenvalue weighted by molar-refractivity contribution is 5.99. The van der Waals surface area contributed by atoms with Gasteiger partial charge >= 0.3 is 5.97 Å². The Morgan fingerprint density at radius 3 is 2.44 bits per heavy atom. The fraction of sp³-hybridized carbons (Fsp3) is 0.516.